The largest absolute Gasteiger partial charge is 0.384 e. The lowest BCUT2D eigenvalue weighted by atomic mass is 9.96. The van der Waals surface area contributed by atoms with Gasteiger partial charge in [-0.15, -0.1) is 0 Å². The van der Waals surface area contributed by atoms with Crippen LogP contribution in [0.3, 0.4) is 0 Å². The molecule has 3 N–H and O–H groups in total. The predicted molar refractivity (Wildman–Crippen MR) is 78.0 cm³/mol. The van der Waals surface area contributed by atoms with Crippen LogP contribution in [0.15, 0.2) is 23.0 Å². The van der Waals surface area contributed by atoms with E-state index in [0.29, 0.717) is 0 Å². The Balaban J connectivity index is 2.98. The van der Waals surface area contributed by atoms with Crippen LogP contribution in [0.5, 0.6) is 0 Å². The number of nitrogens with zero attached hydrogens (tertiary/aromatic N) is 3. The van der Waals surface area contributed by atoms with Crippen molar-refractivity contribution in [3.05, 3.63) is 54.8 Å². The van der Waals surface area contributed by atoms with Crippen LogP contribution < -0.4 is 11.3 Å². The van der Waals surface area contributed by atoms with Gasteiger partial charge in [0.05, 0.1) is 4.92 Å². The summed E-state index contributed by atoms with van der Waals surface area (Å²) in [6.45, 7) is 0. The lowest BCUT2D eigenvalue weighted by Gasteiger charge is -2.10. The van der Waals surface area contributed by atoms with Crippen molar-refractivity contribution < 1.29 is 4.92 Å². The van der Waals surface area contributed by atoms with Crippen LogP contribution in [-0.2, 0) is 0 Å². The van der Waals surface area contributed by atoms with Crippen LogP contribution in [0.2, 0.25) is 5.02 Å². The number of benzene rings is 1. The van der Waals surface area contributed by atoms with Gasteiger partial charge in [0.15, 0.2) is 0 Å². The minimum absolute atomic E-state index is 0.0155. The number of hydrogen-bond donors (Lipinski definition) is 2. The van der Waals surface area contributed by atoms with Crippen LogP contribution >= 0.6 is 11.6 Å². The van der Waals surface area contributed by atoms with Crippen molar-refractivity contribution in [2.45, 2.75) is 0 Å². The molecule has 0 fully saturated rings. The van der Waals surface area contributed by atoms with Gasteiger partial charge in [-0.2, -0.15) is 10.5 Å². The Morgan fingerprint density at radius 2 is 1.91 bits per heavy atom. The minimum atomic E-state index is -0.809. The standard InChI is InChI=1S/C13H6ClN5O3/c14-10-2-1-6(19(21)22)3-7(10)11-8(4-15)12(17)18-13(20)9(11)5-16/h1-3H,(H3,17,18,20). The van der Waals surface area contributed by atoms with Crippen LogP contribution in [-0.4, -0.2) is 9.91 Å². The summed E-state index contributed by atoms with van der Waals surface area (Å²) in [7, 11) is 0. The van der Waals surface area contributed by atoms with E-state index >= 15 is 0 Å². The Hall–Kier alpha value is -3.36. The summed E-state index contributed by atoms with van der Waals surface area (Å²) in [5.74, 6) is -0.246. The number of nitro groups is 1. The number of rotatable bonds is 2. The number of hydrogen-bond acceptors (Lipinski definition) is 6. The van der Waals surface area contributed by atoms with E-state index in [1.807, 2.05) is 0 Å². The van der Waals surface area contributed by atoms with Gasteiger partial charge >= 0.3 is 0 Å². The molecule has 9 heteroatoms. The fourth-order valence-corrected chi connectivity index (χ4v) is 2.14. The number of halogens is 1. The Kier molecular flexibility index (Phi) is 3.80. The zero-order chi connectivity index (χ0) is 16.4. The fourth-order valence-electron chi connectivity index (χ4n) is 1.93. The van der Waals surface area contributed by atoms with Gasteiger partial charge < -0.3 is 10.7 Å². The van der Waals surface area contributed by atoms with Gasteiger partial charge in [0, 0.05) is 28.3 Å². The fraction of sp³-hybridized carbons (Fsp3) is 0. The first kappa shape index (κ1) is 15.0. The molecule has 8 nitrogen and oxygen atoms in total. The van der Waals surface area contributed by atoms with Crippen LogP contribution in [0.25, 0.3) is 11.1 Å². The second kappa shape index (κ2) is 5.56. The van der Waals surface area contributed by atoms with E-state index < -0.39 is 16.0 Å². The number of H-pyrrole nitrogens is 1. The Morgan fingerprint density at radius 3 is 2.45 bits per heavy atom. The normalized spacial score (nSPS) is 9.77. The smallest absolute Gasteiger partial charge is 0.270 e. The van der Waals surface area contributed by atoms with Gasteiger partial charge in [0.25, 0.3) is 11.2 Å². The highest BCUT2D eigenvalue weighted by Crippen LogP contribution is 2.35. The van der Waals surface area contributed by atoms with E-state index in [-0.39, 0.29) is 33.2 Å². The Morgan fingerprint density at radius 1 is 1.27 bits per heavy atom. The average molecular weight is 316 g/mol. The van der Waals surface area contributed by atoms with E-state index in [2.05, 4.69) is 4.98 Å². The molecule has 0 radical (unpaired) electrons. The maximum atomic E-state index is 11.8. The summed E-state index contributed by atoms with van der Waals surface area (Å²) in [4.78, 5) is 24.2. The molecule has 0 aliphatic heterocycles. The number of nitrogens with two attached hydrogens (primary N) is 1. The number of aromatic amines is 1. The van der Waals surface area contributed by atoms with Crippen LogP contribution in [0.1, 0.15) is 11.1 Å². The molecule has 0 atom stereocenters. The second-order valence-corrected chi connectivity index (χ2v) is 4.54. The summed E-state index contributed by atoms with van der Waals surface area (Å²) >= 11 is 6.00. The maximum absolute atomic E-state index is 11.8. The summed E-state index contributed by atoms with van der Waals surface area (Å²) < 4.78 is 0. The molecular formula is C13H6ClN5O3. The summed E-state index contributed by atoms with van der Waals surface area (Å²) in [5.41, 5.74) is 3.78. The number of non-ortho nitro benzene ring substituents is 1. The molecular weight excluding hydrogens is 310 g/mol. The molecule has 1 aromatic carbocycles. The van der Waals surface area contributed by atoms with Crippen molar-refractivity contribution in [3.63, 3.8) is 0 Å². The molecule has 0 amide bonds. The minimum Gasteiger partial charge on any atom is -0.384 e. The topological polar surface area (TPSA) is 150 Å². The predicted octanol–water partition coefficient (Wildman–Crippen LogP) is 1.93. The molecule has 0 aliphatic carbocycles. The number of anilines is 1. The molecule has 0 unspecified atom stereocenters. The van der Waals surface area contributed by atoms with Gasteiger partial charge in [0.2, 0.25) is 0 Å². The molecule has 1 heterocycles. The molecule has 1 aromatic heterocycles. The van der Waals surface area contributed by atoms with Crippen molar-refractivity contribution in [1.82, 2.24) is 4.98 Å². The SMILES string of the molecule is N#Cc1c(N)[nH]c(=O)c(C#N)c1-c1cc([N+](=O)[O-])ccc1Cl. The summed E-state index contributed by atoms with van der Waals surface area (Å²) in [6, 6.07) is 6.92. The van der Waals surface area contributed by atoms with Gasteiger partial charge in [-0.25, -0.2) is 0 Å². The second-order valence-electron chi connectivity index (χ2n) is 4.14. The van der Waals surface area contributed by atoms with E-state index in [9.17, 15) is 20.2 Å². The summed E-state index contributed by atoms with van der Waals surface area (Å²) in [6.07, 6.45) is 0. The van der Waals surface area contributed by atoms with Gasteiger partial charge in [0.1, 0.15) is 29.1 Å². The van der Waals surface area contributed by atoms with Crippen molar-refractivity contribution >= 4 is 23.1 Å². The van der Waals surface area contributed by atoms with E-state index in [1.54, 1.807) is 12.1 Å². The first-order valence-electron chi connectivity index (χ1n) is 5.71. The third-order valence-corrected chi connectivity index (χ3v) is 3.23. The van der Waals surface area contributed by atoms with Gasteiger partial charge in [-0.05, 0) is 6.07 Å². The van der Waals surface area contributed by atoms with Crippen molar-refractivity contribution in [1.29, 1.82) is 10.5 Å². The number of nitrogen functional groups attached to an aromatic ring is 1. The monoisotopic (exact) mass is 315 g/mol. The van der Waals surface area contributed by atoms with Crippen molar-refractivity contribution in [3.8, 4) is 23.3 Å². The number of nitro benzene ring substituents is 1. The van der Waals surface area contributed by atoms with Crippen molar-refractivity contribution in [2.24, 2.45) is 0 Å². The highest BCUT2D eigenvalue weighted by molar-refractivity contribution is 6.33. The Bertz CT molecular complexity index is 936. The highest BCUT2D eigenvalue weighted by Gasteiger charge is 2.22. The number of aromatic nitrogens is 1. The van der Waals surface area contributed by atoms with Crippen LogP contribution in [0, 0.1) is 32.8 Å². The molecule has 108 valence electrons. The van der Waals surface area contributed by atoms with Gasteiger partial charge in [-0.1, -0.05) is 11.6 Å². The zero-order valence-corrected chi connectivity index (χ0v) is 11.5. The van der Waals surface area contributed by atoms with E-state index in [4.69, 9.17) is 22.6 Å². The first-order chi connectivity index (χ1) is 10.4. The quantitative estimate of drug-likeness (QED) is 0.638. The number of pyridine rings is 1. The molecule has 0 saturated heterocycles. The van der Waals surface area contributed by atoms with Crippen molar-refractivity contribution in [2.75, 3.05) is 5.73 Å². The van der Waals surface area contributed by atoms with Gasteiger partial charge in [-0.3, -0.25) is 14.9 Å². The number of nitrogens with one attached hydrogen (secondary N) is 1. The first-order valence-corrected chi connectivity index (χ1v) is 6.08. The molecule has 0 bridgehead atoms. The summed E-state index contributed by atoms with van der Waals surface area (Å²) in [5, 5.41) is 29.3. The molecule has 22 heavy (non-hydrogen) atoms. The molecule has 2 aromatic rings. The maximum Gasteiger partial charge on any atom is 0.270 e. The Labute approximate surface area is 128 Å². The highest BCUT2D eigenvalue weighted by atomic mass is 35.5. The average Bonchev–Trinajstić information content (AvgIpc) is 2.47. The van der Waals surface area contributed by atoms with E-state index in [0.717, 1.165) is 6.07 Å². The third-order valence-electron chi connectivity index (χ3n) is 2.90. The van der Waals surface area contributed by atoms with Crippen LogP contribution in [0.4, 0.5) is 11.5 Å². The lowest BCUT2D eigenvalue weighted by Crippen LogP contribution is -2.16. The molecule has 0 spiro atoms. The lowest BCUT2D eigenvalue weighted by molar-refractivity contribution is -0.384. The molecule has 2 rings (SSSR count). The third kappa shape index (κ3) is 2.35. The van der Waals surface area contributed by atoms with E-state index in [1.165, 1.54) is 12.1 Å². The molecule has 0 saturated carbocycles. The number of nitriles is 2. The zero-order valence-electron chi connectivity index (χ0n) is 10.8. The molecule has 0 aliphatic rings.